The van der Waals surface area contributed by atoms with Crippen LogP contribution in [-0.4, -0.2) is 33.9 Å². The zero-order valence-electron chi connectivity index (χ0n) is 13.9. The summed E-state index contributed by atoms with van der Waals surface area (Å²) in [5, 5.41) is 3.55. The number of rotatable bonds is 3. The highest BCUT2D eigenvalue weighted by Gasteiger charge is 2.14. The van der Waals surface area contributed by atoms with Crippen molar-refractivity contribution in [3.8, 4) is 0 Å². The van der Waals surface area contributed by atoms with Crippen molar-refractivity contribution in [1.29, 1.82) is 0 Å². The lowest BCUT2D eigenvalue weighted by Gasteiger charge is -2.28. The lowest BCUT2D eigenvalue weighted by Crippen LogP contribution is -2.29. The molecule has 0 saturated carbocycles. The number of hydrogen-bond acceptors (Lipinski definition) is 5. The average molecular weight is 333 g/mol. The molecule has 3 aromatic heterocycles. The summed E-state index contributed by atoms with van der Waals surface area (Å²) in [5.41, 5.74) is 2.20. The zero-order valence-corrected chi connectivity index (χ0v) is 13.9. The number of hydrogen-bond donors (Lipinski definition) is 1. The van der Waals surface area contributed by atoms with Gasteiger partial charge in [-0.25, -0.2) is 4.98 Å². The van der Waals surface area contributed by atoms with Crippen LogP contribution in [0.3, 0.4) is 0 Å². The fourth-order valence-corrected chi connectivity index (χ4v) is 3.16. The van der Waals surface area contributed by atoms with E-state index >= 15 is 0 Å². The van der Waals surface area contributed by atoms with E-state index < -0.39 is 0 Å². The van der Waals surface area contributed by atoms with Crippen LogP contribution in [0.1, 0.15) is 29.8 Å². The van der Waals surface area contributed by atoms with Gasteiger partial charge in [-0.1, -0.05) is 0 Å². The van der Waals surface area contributed by atoms with Crippen molar-refractivity contribution < 1.29 is 4.79 Å². The molecule has 0 spiro atoms. The molecule has 126 valence electrons. The summed E-state index contributed by atoms with van der Waals surface area (Å²) in [7, 11) is 0. The molecule has 0 bridgehead atoms. The normalized spacial score (nSPS) is 14.5. The highest BCUT2D eigenvalue weighted by Crippen LogP contribution is 2.21. The molecule has 6 nitrogen and oxygen atoms in total. The van der Waals surface area contributed by atoms with Crippen LogP contribution in [-0.2, 0) is 0 Å². The summed E-state index contributed by atoms with van der Waals surface area (Å²) in [6.45, 7) is 2.14. The highest BCUT2D eigenvalue weighted by atomic mass is 16.1. The summed E-state index contributed by atoms with van der Waals surface area (Å²) in [5.74, 6) is 0.241. The van der Waals surface area contributed by atoms with E-state index in [0.29, 0.717) is 11.5 Å². The highest BCUT2D eigenvalue weighted by molar-refractivity contribution is 6.10. The van der Waals surface area contributed by atoms with E-state index in [1.54, 1.807) is 24.5 Å². The molecule has 25 heavy (non-hydrogen) atoms. The van der Waals surface area contributed by atoms with Crippen LogP contribution in [0.25, 0.3) is 10.9 Å². The van der Waals surface area contributed by atoms with Gasteiger partial charge in [0, 0.05) is 30.9 Å². The fraction of sp³-hybridized carbons (Fsp3) is 0.263. The average Bonchev–Trinajstić information content (AvgIpc) is 2.69. The molecule has 0 aromatic carbocycles. The van der Waals surface area contributed by atoms with Crippen molar-refractivity contribution in [2.75, 3.05) is 23.3 Å². The second-order valence-corrected chi connectivity index (χ2v) is 6.13. The number of pyridine rings is 3. The zero-order chi connectivity index (χ0) is 17.1. The third-order valence-electron chi connectivity index (χ3n) is 4.46. The molecule has 1 saturated heterocycles. The minimum absolute atomic E-state index is 0.281. The summed E-state index contributed by atoms with van der Waals surface area (Å²) in [4.78, 5) is 27.7. The number of anilines is 2. The van der Waals surface area contributed by atoms with Crippen LogP contribution in [0, 0.1) is 0 Å². The lowest BCUT2D eigenvalue weighted by atomic mass is 10.1. The van der Waals surface area contributed by atoms with Gasteiger partial charge in [0.05, 0.1) is 17.4 Å². The molecule has 1 amide bonds. The van der Waals surface area contributed by atoms with Crippen LogP contribution in [0.4, 0.5) is 11.5 Å². The summed E-state index contributed by atoms with van der Waals surface area (Å²) in [6, 6.07) is 9.28. The molecule has 3 aromatic rings. The Morgan fingerprint density at radius 3 is 2.64 bits per heavy atom. The van der Waals surface area contributed by atoms with E-state index in [-0.39, 0.29) is 5.91 Å². The standard InChI is InChI=1S/C19H19N5O/c25-19(18-15-5-4-9-20-16(15)8-10-21-18)23-17-7-6-14(13-22-17)24-11-2-1-3-12-24/h4-10,13H,1-3,11-12H2,(H,22,23,25). The smallest absolute Gasteiger partial charge is 0.276 e. The van der Waals surface area contributed by atoms with Crippen LogP contribution in [0.5, 0.6) is 0 Å². The van der Waals surface area contributed by atoms with Gasteiger partial charge in [-0.2, -0.15) is 0 Å². The number of aromatic nitrogens is 3. The number of nitrogens with one attached hydrogen (secondary N) is 1. The summed E-state index contributed by atoms with van der Waals surface area (Å²) in [6.07, 6.45) is 8.85. The first-order valence-electron chi connectivity index (χ1n) is 8.53. The van der Waals surface area contributed by atoms with Crippen molar-refractivity contribution in [2.24, 2.45) is 0 Å². The van der Waals surface area contributed by atoms with Gasteiger partial charge in [0.1, 0.15) is 11.5 Å². The van der Waals surface area contributed by atoms with E-state index in [4.69, 9.17) is 0 Å². The van der Waals surface area contributed by atoms with Crippen LogP contribution in [0.2, 0.25) is 0 Å². The maximum atomic E-state index is 12.6. The van der Waals surface area contributed by atoms with E-state index in [9.17, 15) is 4.79 Å². The lowest BCUT2D eigenvalue weighted by molar-refractivity contribution is 0.102. The molecule has 4 heterocycles. The minimum atomic E-state index is -0.281. The largest absolute Gasteiger partial charge is 0.370 e. The fourth-order valence-electron chi connectivity index (χ4n) is 3.16. The molecule has 4 rings (SSSR count). The maximum absolute atomic E-state index is 12.6. The molecular formula is C19H19N5O. The molecule has 1 aliphatic heterocycles. The molecule has 1 aliphatic rings. The predicted octanol–water partition coefficient (Wildman–Crippen LogP) is 3.27. The van der Waals surface area contributed by atoms with Crippen LogP contribution >= 0.6 is 0 Å². The molecule has 6 heteroatoms. The Kier molecular flexibility index (Phi) is 4.24. The Balaban J connectivity index is 1.52. The van der Waals surface area contributed by atoms with E-state index in [1.807, 2.05) is 24.4 Å². The number of carbonyl (C=O) groups is 1. The Morgan fingerprint density at radius 1 is 0.960 bits per heavy atom. The van der Waals surface area contributed by atoms with Crippen LogP contribution < -0.4 is 10.2 Å². The van der Waals surface area contributed by atoms with Gasteiger partial charge in [-0.15, -0.1) is 0 Å². The van der Waals surface area contributed by atoms with E-state index in [1.165, 1.54) is 19.3 Å². The Morgan fingerprint density at radius 2 is 1.84 bits per heavy atom. The monoisotopic (exact) mass is 333 g/mol. The van der Waals surface area contributed by atoms with Gasteiger partial charge in [0.15, 0.2) is 0 Å². The third kappa shape index (κ3) is 3.28. The number of fused-ring (bicyclic) bond motifs is 1. The second kappa shape index (κ2) is 6.84. The molecule has 0 unspecified atom stereocenters. The molecule has 0 radical (unpaired) electrons. The first kappa shape index (κ1) is 15.5. The van der Waals surface area contributed by atoms with Crippen molar-refractivity contribution >= 4 is 28.3 Å². The van der Waals surface area contributed by atoms with Gasteiger partial charge in [0.25, 0.3) is 5.91 Å². The molecule has 1 fully saturated rings. The maximum Gasteiger partial charge on any atom is 0.276 e. The minimum Gasteiger partial charge on any atom is -0.370 e. The Labute approximate surface area is 145 Å². The van der Waals surface area contributed by atoms with E-state index in [2.05, 4.69) is 25.2 Å². The SMILES string of the molecule is O=C(Nc1ccc(N2CCCCC2)cn1)c1nccc2ncccc12. The Hall–Kier alpha value is -3.02. The van der Waals surface area contributed by atoms with Crippen molar-refractivity contribution in [3.63, 3.8) is 0 Å². The topological polar surface area (TPSA) is 71.0 Å². The predicted molar refractivity (Wildman–Crippen MR) is 97.8 cm³/mol. The van der Waals surface area contributed by atoms with Gasteiger partial charge < -0.3 is 10.2 Å². The molecule has 0 atom stereocenters. The van der Waals surface area contributed by atoms with Crippen molar-refractivity contribution in [1.82, 2.24) is 15.0 Å². The van der Waals surface area contributed by atoms with Gasteiger partial charge in [0.2, 0.25) is 0 Å². The van der Waals surface area contributed by atoms with Crippen molar-refractivity contribution in [2.45, 2.75) is 19.3 Å². The van der Waals surface area contributed by atoms with E-state index in [0.717, 1.165) is 29.7 Å². The van der Waals surface area contributed by atoms with Gasteiger partial charge in [-0.05, 0) is 49.6 Å². The first-order valence-corrected chi connectivity index (χ1v) is 8.53. The second-order valence-electron chi connectivity index (χ2n) is 6.13. The third-order valence-corrected chi connectivity index (χ3v) is 4.46. The number of carbonyl (C=O) groups excluding carboxylic acids is 1. The number of nitrogens with zero attached hydrogens (tertiary/aromatic N) is 4. The molecule has 0 aliphatic carbocycles. The number of amides is 1. The summed E-state index contributed by atoms with van der Waals surface area (Å²) < 4.78 is 0. The van der Waals surface area contributed by atoms with Gasteiger partial charge in [-0.3, -0.25) is 14.8 Å². The molecular weight excluding hydrogens is 314 g/mol. The first-order chi connectivity index (χ1) is 12.3. The Bertz CT molecular complexity index is 882. The van der Waals surface area contributed by atoms with Gasteiger partial charge >= 0.3 is 0 Å². The van der Waals surface area contributed by atoms with Crippen LogP contribution in [0.15, 0.2) is 48.9 Å². The quantitative estimate of drug-likeness (QED) is 0.796. The number of piperidine rings is 1. The van der Waals surface area contributed by atoms with Crippen molar-refractivity contribution in [3.05, 3.63) is 54.6 Å². The summed E-state index contributed by atoms with van der Waals surface area (Å²) >= 11 is 0. The molecule has 1 N–H and O–H groups in total.